The number of rotatable bonds is 12. The molecule has 1 atom stereocenters. The van der Waals surface area contributed by atoms with Crippen LogP contribution in [0.3, 0.4) is 0 Å². The SMILES string of the molecule is C=C(C)C(=O)OC(CCO)Cc1ccc(C2CCC(CCCCC)CC2)c(CC)c1. The largest absolute Gasteiger partial charge is 0.459 e. The summed E-state index contributed by atoms with van der Waals surface area (Å²) in [5, 5.41) is 9.36. The van der Waals surface area contributed by atoms with E-state index in [0.717, 1.165) is 12.3 Å². The second kappa shape index (κ2) is 12.9. The van der Waals surface area contributed by atoms with Crippen LogP contribution < -0.4 is 0 Å². The molecular formula is C27H42O3. The lowest BCUT2D eigenvalue weighted by Crippen LogP contribution is -2.22. The first-order valence-corrected chi connectivity index (χ1v) is 12.1. The third-order valence-electron chi connectivity index (χ3n) is 6.63. The molecule has 3 heteroatoms. The first-order chi connectivity index (χ1) is 14.5. The molecule has 0 saturated heterocycles. The smallest absolute Gasteiger partial charge is 0.333 e. The van der Waals surface area contributed by atoms with E-state index < -0.39 is 0 Å². The Morgan fingerprint density at radius 3 is 2.53 bits per heavy atom. The van der Waals surface area contributed by atoms with Crippen LogP contribution in [0, 0.1) is 5.92 Å². The molecule has 168 valence electrons. The van der Waals surface area contributed by atoms with E-state index in [9.17, 15) is 9.90 Å². The number of aryl methyl sites for hydroxylation is 1. The third-order valence-corrected chi connectivity index (χ3v) is 6.63. The fraction of sp³-hybridized carbons (Fsp3) is 0.667. The van der Waals surface area contributed by atoms with Crippen molar-refractivity contribution in [3.63, 3.8) is 0 Å². The van der Waals surface area contributed by atoms with Crippen LogP contribution >= 0.6 is 0 Å². The number of ether oxygens (including phenoxy) is 1. The van der Waals surface area contributed by atoms with Crippen molar-refractivity contribution in [2.45, 2.75) is 103 Å². The molecule has 1 unspecified atom stereocenters. The average Bonchev–Trinajstić information content (AvgIpc) is 2.74. The van der Waals surface area contributed by atoms with Gasteiger partial charge in [0.25, 0.3) is 0 Å². The Bertz CT molecular complexity index is 671. The van der Waals surface area contributed by atoms with E-state index in [1.165, 1.54) is 68.1 Å². The number of unbranched alkanes of at least 4 members (excludes halogenated alkanes) is 2. The second-order valence-corrected chi connectivity index (χ2v) is 9.12. The predicted octanol–water partition coefficient (Wildman–Crippen LogP) is 6.52. The minimum absolute atomic E-state index is 0.00829. The maximum absolute atomic E-state index is 11.9. The lowest BCUT2D eigenvalue weighted by atomic mass is 9.75. The summed E-state index contributed by atoms with van der Waals surface area (Å²) >= 11 is 0. The summed E-state index contributed by atoms with van der Waals surface area (Å²) in [4.78, 5) is 11.9. The molecule has 0 heterocycles. The van der Waals surface area contributed by atoms with Gasteiger partial charge in [0, 0.05) is 25.0 Å². The third kappa shape index (κ3) is 7.58. The minimum atomic E-state index is -0.378. The molecule has 2 rings (SSSR count). The van der Waals surface area contributed by atoms with Crippen molar-refractivity contribution in [1.82, 2.24) is 0 Å². The highest BCUT2D eigenvalue weighted by Crippen LogP contribution is 2.39. The van der Waals surface area contributed by atoms with Gasteiger partial charge in [-0.15, -0.1) is 0 Å². The van der Waals surface area contributed by atoms with Crippen molar-refractivity contribution < 1.29 is 14.6 Å². The summed E-state index contributed by atoms with van der Waals surface area (Å²) in [7, 11) is 0. The van der Waals surface area contributed by atoms with Crippen molar-refractivity contribution in [2.24, 2.45) is 5.92 Å². The van der Waals surface area contributed by atoms with Gasteiger partial charge in [-0.1, -0.05) is 64.3 Å². The van der Waals surface area contributed by atoms with Crippen molar-refractivity contribution in [3.05, 3.63) is 47.0 Å². The first-order valence-electron chi connectivity index (χ1n) is 12.1. The van der Waals surface area contributed by atoms with Gasteiger partial charge < -0.3 is 9.84 Å². The van der Waals surface area contributed by atoms with Crippen LogP contribution in [-0.4, -0.2) is 23.8 Å². The van der Waals surface area contributed by atoms with Crippen LogP contribution in [0.15, 0.2) is 30.4 Å². The average molecular weight is 415 g/mol. The van der Waals surface area contributed by atoms with Gasteiger partial charge >= 0.3 is 5.97 Å². The number of hydrogen-bond acceptors (Lipinski definition) is 3. The van der Waals surface area contributed by atoms with Crippen molar-refractivity contribution in [2.75, 3.05) is 6.61 Å². The lowest BCUT2D eigenvalue weighted by molar-refractivity contribution is -0.144. The Balaban J connectivity index is 2.00. The van der Waals surface area contributed by atoms with Crippen LogP contribution in [0.1, 0.15) is 101 Å². The Morgan fingerprint density at radius 2 is 1.93 bits per heavy atom. The van der Waals surface area contributed by atoms with Crippen molar-refractivity contribution in [3.8, 4) is 0 Å². The number of hydrogen-bond donors (Lipinski definition) is 1. The van der Waals surface area contributed by atoms with E-state index in [0.29, 0.717) is 24.3 Å². The van der Waals surface area contributed by atoms with E-state index in [2.05, 4.69) is 38.6 Å². The summed E-state index contributed by atoms with van der Waals surface area (Å²) in [5.74, 6) is 1.24. The normalized spacial score (nSPS) is 20.0. The van der Waals surface area contributed by atoms with Gasteiger partial charge in [0.05, 0.1) is 0 Å². The Kier molecular flexibility index (Phi) is 10.6. The zero-order valence-electron chi connectivity index (χ0n) is 19.4. The van der Waals surface area contributed by atoms with Gasteiger partial charge in [0.2, 0.25) is 0 Å². The molecule has 1 aliphatic carbocycles. The number of carbonyl (C=O) groups is 1. The Morgan fingerprint density at radius 1 is 1.20 bits per heavy atom. The van der Waals surface area contributed by atoms with E-state index in [1.54, 1.807) is 6.92 Å². The summed E-state index contributed by atoms with van der Waals surface area (Å²) in [6.07, 6.45) is 12.7. The molecule has 0 bridgehead atoms. The number of carbonyl (C=O) groups excluding carboxylic acids is 1. The van der Waals surface area contributed by atoms with Gasteiger partial charge in [-0.05, 0) is 67.6 Å². The number of benzene rings is 1. The summed E-state index contributed by atoms with van der Waals surface area (Å²) in [5.41, 5.74) is 4.52. The Labute approximate surface area is 183 Å². The molecule has 30 heavy (non-hydrogen) atoms. The van der Waals surface area contributed by atoms with Gasteiger partial charge in [0.1, 0.15) is 6.10 Å². The lowest BCUT2D eigenvalue weighted by Gasteiger charge is -2.30. The summed E-state index contributed by atoms with van der Waals surface area (Å²) < 4.78 is 5.53. The standard InChI is InChI=1S/C27H42O3/c1-5-7-8-9-21-10-13-24(14-11-21)26-15-12-22(18-23(26)6-2)19-25(16-17-28)30-27(29)20(3)4/h12,15,18,21,24-25,28H,3,5-11,13-14,16-17,19H2,1-2,4H3. The molecule has 0 aromatic heterocycles. The fourth-order valence-corrected chi connectivity index (χ4v) is 4.80. The van der Waals surface area contributed by atoms with Crippen molar-refractivity contribution in [1.29, 1.82) is 0 Å². The monoisotopic (exact) mass is 414 g/mol. The molecule has 1 aromatic carbocycles. The summed E-state index contributed by atoms with van der Waals surface area (Å²) in [6.45, 7) is 9.83. The topological polar surface area (TPSA) is 46.5 Å². The molecule has 1 fully saturated rings. The van der Waals surface area contributed by atoms with Crippen LogP contribution in [-0.2, 0) is 22.4 Å². The summed E-state index contributed by atoms with van der Waals surface area (Å²) in [6, 6.07) is 6.80. The van der Waals surface area contributed by atoms with Crippen LogP contribution in [0.2, 0.25) is 0 Å². The van der Waals surface area contributed by atoms with Crippen LogP contribution in [0.5, 0.6) is 0 Å². The maximum atomic E-state index is 11.9. The van der Waals surface area contributed by atoms with Crippen LogP contribution in [0.25, 0.3) is 0 Å². The number of aliphatic hydroxyl groups is 1. The zero-order valence-corrected chi connectivity index (χ0v) is 19.4. The van der Waals surface area contributed by atoms with E-state index in [4.69, 9.17) is 4.74 Å². The number of esters is 1. The number of aliphatic hydroxyl groups excluding tert-OH is 1. The highest BCUT2D eigenvalue weighted by atomic mass is 16.5. The van der Waals surface area contributed by atoms with E-state index in [1.807, 2.05) is 0 Å². The highest BCUT2D eigenvalue weighted by Gasteiger charge is 2.24. The predicted molar refractivity (Wildman–Crippen MR) is 125 cm³/mol. The quantitative estimate of drug-likeness (QED) is 0.241. The Hall–Kier alpha value is -1.61. The van der Waals surface area contributed by atoms with Gasteiger partial charge in [-0.2, -0.15) is 0 Å². The van der Waals surface area contributed by atoms with Gasteiger partial charge in [-0.3, -0.25) is 0 Å². The molecule has 3 nitrogen and oxygen atoms in total. The molecule has 0 amide bonds. The minimum Gasteiger partial charge on any atom is -0.459 e. The van der Waals surface area contributed by atoms with Gasteiger partial charge in [0.15, 0.2) is 0 Å². The second-order valence-electron chi connectivity index (χ2n) is 9.12. The maximum Gasteiger partial charge on any atom is 0.333 e. The van der Waals surface area contributed by atoms with Crippen molar-refractivity contribution >= 4 is 5.97 Å². The van der Waals surface area contributed by atoms with Gasteiger partial charge in [-0.25, -0.2) is 4.79 Å². The molecule has 1 saturated carbocycles. The molecule has 1 aromatic rings. The fourth-order valence-electron chi connectivity index (χ4n) is 4.80. The molecule has 1 aliphatic rings. The van der Waals surface area contributed by atoms with E-state index >= 15 is 0 Å². The van der Waals surface area contributed by atoms with E-state index in [-0.39, 0.29) is 18.7 Å². The molecular weight excluding hydrogens is 372 g/mol. The molecule has 1 N–H and O–H groups in total. The molecule has 0 radical (unpaired) electrons. The highest BCUT2D eigenvalue weighted by molar-refractivity contribution is 5.87. The zero-order chi connectivity index (χ0) is 21.9. The first kappa shape index (κ1) is 24.7. The molecule has 0 spiro atoms. The van der Waals surface area contributed by atoms with Crippen LogP contribution in [0.4, 0.5) is 0 Å². The molecule has 0 aliphatic heterocycles.